The van der Waals surface area contributed by atoms with Crippen LogP contribution in [0.4, 0.5) is 4.79 Å². The molecule has 1 saturated heterocycles. The van der Waals surface area contributed by atoms with Crippen molar-refractivity contribution >= 4 is 6.03 Å². The molecule has 2 amide bonds. The Bertz CT molecular complexity index is 515. The maximum absolute atomic E-state index is 12.5. The number of carbonyl (C=O) groups excluding carboxylic acids is 1. The molecule has 0 aromatic heterocycles. The number of urea groups is 1. The molecule has 114 valence electrons. The van der Waals surface area contributed by atoms with E-state index in [2.05, 4.69) is 48.6 Å². The van der Waals surface area contributed by atoms with Crippen molar-refractivity contribution < 1.29 is 4.79 Å². The number of hydrogen-bond donors (Lipinski definition) is 1. The number of nitrogens with one attached hydrogen (secondary N) is 1. The van der Waals surface area contributed by atoms with Gasteiger partial charge in [-0.2, -0.15) is 0 Å². The van der Waals surface area contributed by atoms with Gasteiger partial charge in [0, 0.05) is 19.1 Å². The summed E-state index contributed by atoms with van der Waals surface area (Å²) in [5.41, 5.74) is 2.68. The van der Waals surface area contributed by atoms with Gasteiger partial charge in [-0.3, -0.25) is 0 Å². The lowest BCUT2D eigenvalue weighted by Crippen LogP contribution is -2.51. The molecule has 2 unspecified atom stereocenters. The maximum Gasteiger partial charge on any atom is 0.317 e. The molecule has 0 saturated carbocycles. The molecule has 0 bridgehead atoms. The Labute approximate surface area is 127 Å². The average molecular weight is 287 g/mol. The molecule has 1 heterocycles. The van der Waals surface area contributed by atoms with Gasteiger partial charge in [0.25, 0.3) is 0 Å². The van der Waals surface area contributed by atoms with Crippen LogP contribution in [-0.4, -0.2) is 49.1 Å². The van der Waals surface area contributed by atoms with E-state index < -0.39 is 0 Å². The first kappa shape index (κ1) is 14.4. The molecule has 1 aromatic carbocycles. The molecule has 1 aliphatic heterocycles. The van der Waals surface area contributed by atoms with E-state index in [0.717, 1.165) is 32.4 Å². The Balaban J connectivity index is 1.62. The Morgan fingerprint density at radius 2 is 2.10 bits per heavy atom. The van der Waals surface area contributed by atoms with Crippen molar-refractivity contribution in [2.75, 3.05) is 27.2 Å². The van der Waals surface area contributed by atoms with Gasteiger partial charge in [0.15, 0.2) is 0 Å². The summed E-state index contributed by atoms with van der Waals surface area (Å²) in [6.45, 7) is 1.72. The Morgan fingerprint density at radius 1 is 1.29 bits per heavy atom. The Kier molecular flexibility index (Phi) is 4.15. The van der Waals surface area contributed by atoms with Crippen molar-refractivity contribution in [2.24, 2.45) is 0 Å². The first-order valence-corrected chi connectivity index (χ1v) is 7.95. The first-order valence-electron chi connectivity index (χ1n) is 7.95. The number of benzene rings is 1. The van der Waals surface area contributed by atoms with Crippen LogP contribution < -0.4 is 5.32 Å². The number of carbonyl (C=O) groups is 1. The largest absolute Gasteiger partial charge is 0.331 e. The van der Waals surface area contributed by atoms with E-state index in [4.69, 9.17) is 0 Å². The van der Waals surface area contributed by atoms with E-state index in [1.165, 1.54) is 17.5 Å². The van der Waals surface area contributed by atoms with Crippen LogP contribution >= 0.6 is 0 Å². The van der Waals surface area contributed by atoms with Crippen LogP contribution in [0.1, 0.15) is 36.4 Å². The van der Waals surface area contributed by atoms with Gasteiger partial charge in [-0.25, -0.2) is 4.79 Å². The highest BCUT2D eigenvalue weighted by Crippen LogP contribution is 2.30. The molecule has 21 heavy (non-hydrogen) atoms. The zero-order valence-electron chi connectivity index (χ0n) is 13.0. The molecule has 3 rings (SSSR count). The van der Waals surface area contributed by atoms with Crippen LogP contribution in [0.25, 0.3) is 0 Å². The molecule has 1 fully saturated rings. The molecule has 2 aliphatic rings. The standard InChI is InChI=1S/C17H25N3O/c1-19(2)14-7-5-11-20(12-14)17(21)18-16-10-9-13-6-3-4-8-15(13)16/h3-4,6,8,14,16H,5,7,9-12H2,1-2H3,(H,18,21). The predicted octanol–water partition coefficient (Wildman–Crippen LogP) is 2.41. The number of likely N-dealkylation sites (tertiary alicyclic amines) is 1. The highest BCUT2D eigenvalue weighted by molar-refractivity contribution is 5.75. The molecule has 4 nitrogen and oxygen atoms in total. The van der Waals surface area contributed by atoms with Crippen molar-refractivity contribution in [1.29, 1.82) is 0 Å². The van der Waals surface area contributed by atoms with Crippen molar-refractivity contribution in [1.82, 2.24) is 15.1 Å². The summed E-state index contributed by atoms with van der Waals surface area (Å²) in [7, 11) is 4.19. The highest BCUT2D eigenvalue weighted by Gasteiger charge is 2.28. The Morgan fingerprint density at radius 3 is 2.90 bits per heavy atom. The van der Waals surface area contributed by atoms with Crippen LogP contribution in [0.3, 0.4) is 0 Å². The SMILES string of the molecule is CN(C)C1CCCN(C(=O)NC2CCc3ccccc32)C1. The summed E-state index contributed by atoms with van der Waals surface area (Å²) in [6.07, 6.45) is 4.37. The third-order valence-electron chi connectivity index (χ3n) is 4.84. The average Bonchev–Trinajstić information content (AvgIpc) is 2.91. The molecule has 1 aliphatic carbocycles. The minimum absolute atomic E-state index is 0.100. The van der Waals surface area contributed by atoms with Crippen LogP contribution in [-0.2, 0) is 6.42 Å². The minimum Gasteiger partial charge on any atom is -0.331 e. The van der Waals surface area contributed by atoms with Gasteiger partial charge < -0.3 is 15.1 Å². The van der Waals surface area contributed by atoms with Crippen LogP contribution in [0.15, 0.2) is 24.3 Å². The lowest BCUT2D eigenvalue weighted by molar-refractivity contribution is 0.138. The fourth-order valence-corrected chi connectivity index (χ4v) is 3.51. The molecule has 1 N–H and O–H groups in total. The van der Waals surface area contributed by atoms with Gasteiger partial charge in [-0.05, 0) is 50.9 Å². The first-order chi connectivity index (χ1) is 10.1. The summed E-state index contributed by atoms with van der Waals surface area (Å²) in [5.74, 6) is 0. The fourth-order valence-electron chi connectivity index (χ4n) is 3.51. The molecule has 4 heteroatoms. The van der Waals surface area contributed by atoms with Crippen molar-refractivity contribution in [3.8, 4) is 0 Å². The Hall–Kier alpha value is -1.55. The number of rotatable bonds is 2. The third kappa shape index (κ3) is 3.05. The van der Waals surface area contributed by atoms with Crippen LogP contribution in [0.2, 0.25) is 0 Å². The second-order valence-corrected chi connectivity index (χ2v) is 6.45. The smallest absolute Gasteiger partial charge is 0.317 e. The third-order valence-corrected chi connectivity index (χ3v) is 4.84. The normalized spacial score (nSPS) is 25.0. The highest BCUT2D eigenvalue weighted by atomic mass is 16.2. The van der Waals surface area contributed by atoms with E-state index in [1.807, 2.05) is 4.90 Å². The summed E-state index contributed by atoms with van der Waals surface area (Å²) >= 11 is 0. The van der Waals surface area contributed by atoms with E-state index in [9.17, 15) is 4.79 Å². The number of amides is 2. The second kappa shape index (κ2) is 6.06. The predicted molar refractivity (Wildman–Crippen MR) is 84.3 cm³/mol. The summed E-state index contributed by atoms with van der Waals surface area (Å²) < 4.78 is 0. The number of fused-ring (bicyclic) bond motifs is 1. The fraction of sp³-hybridized carbons (Fsp3) is 0.588. The monoisotopic (exact) mass is 287 g/mol. The van der Waals surface area contributed by atoms with Crippen molar-refractivity contribution in [3.63, 3.8) is 0 Å². The van der Waals surface area contributed by atoms with Gasteiger partial charge in [-0.1, -0.05) is 24.3 Å². The zero-order chi connectivity index (χ0) is 14.8. The van der Waals surface area contributed by atoms with Crippen LogP contribution in [0, 0.1) is 0 Å². The number of aryl methyl sites for hydroxylation is 1. The summed E-state index contributed by atoms with van der Waals surface area (Å²) in [6, 6.07) is 9.23. The molecule has 1 aromatic rings. The van der Waals surface area contributed by atoms with Gasteiger partial charge in [0.05, 0.1) is 6.04 Å². The van der Waals surface area contributed by atoms with Crippen molar-refractivity contribution in [2.45, 2.75) is 37.8 Å². The molecular formula is C17H25N3O. The second-order valence-electron chi connectivity index (χ2n) is 6.45. The number of nitrogens with zero attached hydrogens (tertiary/aromatic N) is 2. The van der Waals surface area contributed by atoms with E-state index in [-0.39, 0.29) is 12.1 Å². The topological polar surface area (TPSA) is 35.6 Å². The van der Waals surface area contributed by atoms with Gasteiger partial charge in [0.1, 0.15) is 0 Å². The zero-order valence-corrected chi connectivity index (χ0v) is 13.0. The maximum atomic E-state index is 12.5. The lowest BCUT2D eigenvalue weighted by atomic mass is 10.1. The van der Waals surface area contributed by atoms with Gasteiger partial charge in [-0.15, -0.1) is 0 Å². The number of hydrogen-bond acceptors (Lipinski definition) is 2. The lowest BCUT2D eigenvalue weighted by Gasteiger charge is -2.36. The number of likely N-dealkylation sites (N-methyl/N-ethyl adjacent to an activating group) is 1. The summed E-state index contributed by atoms with van der Waals surface area (Å²) in [4.78, 5) is 16.7. The number of piperidine rings is 1. The molecule has 2 atom stereocenters. The molecule has 0 spiro atoms. The quantitative estimate of drug-likeness (QED) is 0.906. The van der Waals surface area contributed by atoms with Gasteiger partial charge in [0.2, 0.25) is 0 Å². The summed E-state index contributed by atoms with van der Waals surface area (Å²) in [5, 5.41) is 3.23. The van der Waals surface area contributed by atoms with Gasteiger partial charge >= 0.3 is 6.03 Å². The van der Waals surface area contributed by atoms with E-state index in [1.54, 1.807) is 0 Å². The van der Waals surface area contributed by atoms with Crippen molar-refractivity contribution in [3.05, 3.63) is 35.4 Å². The van der Waals surface area contributed by atoms with E-state index >= 15 is 0 Å². The van der Waals surface area contributed by atoms with Crippen LogP contribution in [0.5, 0.6) is 0 Å². The minimum atomic E-state index is 0.100. The van der Waals surface area contributed by atoms with E-state index in [0.29, 0.717) is 6.04 Å². The molecular weight excluding hydrogens is 262 g/mol. The molecule has 0 radical (unpaired) electrons.